The normalized spacial score (nSPS) is 10.5. The van der Waals surface area contributed by atoms with Gasteiger partial charge in [-0.25, -0.2) is 4.98 Å². The van der Waals surface area contributed by atoms with E-state index < -0.39 is 0 Å². The third kappa shape index (κ3) is 2.61. The molecule has 1 nitrogen and oxygen atoms in total. The Labute approximate surface area is 99.6 Å². The van der Waals surface area contributed by atoms with Crippen molar-refractivity contribution in [3.8, 4) is 10.6 Å². The Balaban J connectivity index is 2.29. The van der Waals surface area contributed by atoms with Crippen LogP contribution >= 0.6 is 24.0 Å². The zero-order chi connectivity index (χ0) is 10.7. The number of aromatic nitrogens is 1. The molecule has 0 fully saturated rings. The molecule has 15 heavy (non-hydrogen) atoms. The highest BCUT2D eigenvalue weighted by Crippen LogP contribution is 2.24. The summed E-state index contributed by atoms with van der Waals surface area (Å²) in [6.07, 6.45) is 0.950. The molecule has 78 valence electrons. The molecule has 1 heterocycles. The molecule has 0 N–H and O–H groups in total. The third-order valence-electron chi connectivity index (χ3n) is 2.18. The molecule has 0 saturated carbocycles. The first-order valence-electron chi connectivity index (χ1n) is 4.92. The molecular weight excluding hydrogens is 222 g/mol. The highest BCUT2D eigenvalue weighted by molar-refractivity contribution is 7.80. The van der Waals surface area contributed by atoms with Crippen LogP contribution < -0.4 is 0 Å². The fourth-order valence-corrected chi connectivity index (χ4v) is 2.53. The first kappa shape index (κ1) is 10.7. The lowest BCUT2D eigenvalue weighted by atomic mass is 10.1. The third-order valence-corrected chi connectivity index (χ3v) is 3.35. The van der Waals surface area contributed by atoms with Gasteiger partial charge in [-0.1, -0.05) is 23.8 Å². The maximum atomic E-state index is 4.58. The lowest BCUT2D eigenvalue weighted by Gasteiger charge is -1.97. The van der Waals surface area contributed by atoms with Gasteiger partial charge in [0.05, 0.1) is 5.69 Å². The van der Waals surface area contributed by atoms with Crippen molar-refractivity contribution in [3.05, 3.63) is 40.9 Å². The van der Waals surface area contributed by atoms with E-state index in [-0.39, 0.29) is 0 Å². The van der Waals surface area contributed by atoms with Crippen molar-refractivity contribution < 1.29 is 0 Å². The standard InChI is InChI=1S/C12H13NS2/c1-9-3-2-4-10(7-9)12-13-11(5-6-14)8-15-12/h2-4,7-8,14H,5-6H2,1H3. The van der Waals surface area contributed by atoms with Gasteiger partial charge in [-0.15, -0.1) is 11.3 Å². The predicted octanol–water partition coefficient (Wildman–Crippen LogP) is 3.59. The van der Waals surface area contributed by atoms with Crippen LogP contribution in [0.2, 0.25) is 0 Å². The molecule has 3 heteroatoms. The summed E-state index contributed by atoms with van der Waals surface area (Å²) in [5.74, 6) is 0.858. The summed E-state index contributed by atoms with van der Waals surface area (Å²) in [6, 6.07) is 8.45. The van der Waals surface area contributed by atoms with E-state index in [1.807, 2.05) is 0 Å². The number of thiol groups is 1. The largest absolute Gasteiger partial charge is 0.241 e. The molecule has 0 saturated heterocycles. The number of benzene rings is 1. The van der Waals surface area contributed by atoms with Crippen molar-refractivity contribution in [2.45, 2.75) is 13.3 Å². The topological polar surface area (TPSA) is 12.9 Å². The first-order valence-corrected chi connectivity index (χ1v) is 6.43. The lowest BCUT2D eigenvalue weighted by molar-refractivity contribution is 1.08. The van der Waals surface area contributed by atoms with Crippen molar-refractivity contribution in [1.82, 2.24) is 4.98 Å². The molecule has 0 aliphatic heterocycles. The second-order valence-corrected chi connectivity index (χ2v) is 4.79. The molecule has 2 rings (SSSR count). The molecule has 0 bridgehead atoms. The molecule has 0 atom stereocenters. The highest BCUT2D eigenvalue weighted by atomic mass is 32.1. The van der Waals surface area contributed by atoms with Gasteiger partial charge in [-0.05, 0) is 25.2 Å². The summed E-state index contributed by atoms with van der Waals surface area (Å²) in [5.41, 5.74) is 3.63. The second kappa shape index (κ2) is 4.81. The van der Waals surface area contributed by atoms with Crippen LogP contribution in [0.4, 0.5) is 0 Å². The Kier molecular flexibility index (Phi) is 3.44. The van der Waals surface area contributed by atoms with Crippen molar-refractivity contribution in [1.29, 1.82) is 0 Å². The van der Waals surface area contributed by atoms with E-state index in [4.69, 9.17) is 0 Å². The second-order valence-electron chi connectivity index (χ2n) is 3.49. The fourth-order valence-electron chi connectivity index (χ4n) is 1.45. The number of nitrogens with zero attached hydrogens (tertiary/aromatic N) is 1. The van der Waals surface area contributed by atoms with Gasteiger partial charge >= 0.3 is 0 Å². The Morgan fingerprint density at radius 2 is 2.27 bits per heavy atom. The van der Waals surface area contributed by atoms with Crippen LogP contribution in [-0.2, 0) is 6.42 Å². The van der Waals surface area contributed by atoms with Crippen LogP contribution in [-0.4, -0.2) is 10.7 Å². The van der Waals surface area contributed by atoms with E-state index in [1.54, 1.807) is 11.3 Å². The van der Waals surface area contributed by atoms with Crippen LogP contribution in [0.15, 0.2) is 29.6 Å². The van der Waals surface area contributed by atoms with Crippen molar-refractivity contribution >= 4 is 24.0 Å². The van der Waals surface area contributed by atoms with E-state index in [2.05, 4.69) is 54.2 Å². The Morgan fingerprint density at radius 1 is 1.40 bits per heavy atom. The summed E-state index contributed by atoms with van der Waals surface area (Å²) >= 11 is 5.92. The molecule has 0 aliphatic rings. The predicted molar refractivity (Wildman–Crippen MR) is 69.8 cm³/mol. The molecule has 0 unspecified atom stereocenters. The Morgan fingerprint density at radius 3 is 3.00 bits per heavy atom. The molecule has 0 amide bonds. The van der Waals surface area contributed by atoms with Crippen LogP contribution in [0.1, 0.15) is 11.3 Å². The van der Waals surface area contributed by atoms with Crippen LogP contribution in [0.3, 0.4) is 0 Å². The number of thiazole rings is 1. The van der Waals surface area contributed by atoms with Gasteiger partial charge in [0.25, 0.3) is 0 Å². The fraction of sp³-hybridized carbons (Fsp3) is 0.250. The minimum Gasteiger partial charge on any atom is -0.241 e. The van der Waals surface area contributed by atoms with Gasteiger partial charge in [-0.2, -0.15) is 12.6 Å². The van der Waals surface area contributed by atoms with Gasteiger partial charge in [0.1, 0.15) is 5.01 Å². The lowest BCUT2D eigenvalue weighted by Crippen LogP contribution is -1.86. The number of hydrogen-bond acceptors (Lipinski definition) is 3. The number of hydrogen-bond donors (Lipinski definition) is 1. The summed E-state index contributed by atoms with van der Waals surface area (Å²) < 4.78 is 0. The Hall–Kier alpha value is -0.800. The summed E-state index contributed by atoms with van der Waals surface area (Å²) in [6.45, 7) is 2.10. The summed E-state index contributed by atoms with van der Waals surface area (Å²) in [7, 11) is 0. The summed E-state index contributed by atoms with van der Waals surface area (Å²) in [5, 5.41) is 3.23. The van der Waals surface area contributed by atoms with Gasteiger partial charge < -0.3 is 0 Å². The summed E-state index contributed by atoms with van der Waals surface area (Å²) in [4.78, 5) is 4.58. The van der Waals surface area contributed by atoms with E-state index in [0.29, 0.717) is 0 Å². The molecule has 2 aromatic rings. The van der Waals surface area contributed by atoms with Crippen LogP contribution in [0, 0.1) is 6.92 Å². The highest BCUT2D eigenvalue weighted by Gasteiger charge is 2.03. The zero-order valence-corrected chi connectivity index (χ0v) is 10.3. The van der Waals surface area contributed by atoms with Crippen molar-refractivity contribution in [3.63, 3.8) is 0 Å². The molecule has 0 spiro atoms. The van der Waals surface area contributed by atoms with Crippen LogP contribution in [0.5, 0.6) is 0 Å². The minimum atomic E-state index is 0.858. The average Bonchev–Trinajstić information content (AvgIpc) is 2.67. The van der Waals surface area contributed by atoms with E-state index in [1.165, 1.54) is 11.1 Å². The van der Waals surface area contributed by atoms with Gasteiger partial charge in [0.15, 0.2) is 0 Å². The van der Waals surface area contributed by atoms with E-state index >= 15 is 0 Å². The maximum absolute atomic E-state index is 4.58. The molecular formula is C12H13NS2. The monoisotopic (exact) mass is 235 g/mol. The molecule has 1 aromatic carbocycles. The van der Waals surface area contributed by atoms with Gasteiger partial charge in [0, 0.05) is 10.9 Å². The van der Waals surface area contributed by atoms with Crippen molar-refractivity contribution in [2.75, 3.05) is 5.75 Å². The zero-order valence-electron chi connectivity index (χ0n) is 8.60. The van der Waals surface area contributed by atoms with Crippen molar-refractivity contribution in [2.24, 2.45) is 0 Å². The quantitative estimate of drug-likeness (QED) is 0.802. The first-order chi connectivity index (χ1) is 7.29. The molecule has 0 radical (unpaired) electrons. The van der Waals surface area contributed by atoms with E-state index in [9.17, 15) is 0 Å². The number of rotatable bonds is 3. The average molecular weight is 235 g/mol. The molecule has 0 aliphatic carbocycles. The van der Waals surface area contributed by atoms with Gasteiger partial charge in [-0.3, -0.25) is 0 Å². The molecule has 1 aromatic heterocycles. The maximum Gasteiger partial charge on any atom is 0.123 e. The smallest absolute Gasteiger partial charge is 0.123 e. The Bertz CT molecular complexity index is 448. The number of aryl methyl sites for hydroxylation is 2. The van der Waals surface area contributed by atoms with Crippen LogP contribution in [0.25, 0.3) is 10.6 Å². The minimum absolute atomic E-state index is 0.858. The SMILES string of the molecule is Cc1cccc(-c2nc(CCS)cs2)c1. The van der Waals surface area contributed by atoms with Gasteiger partial charge in [0.2, 0.25) is 0 Å². The van der Waals surface area contributed by atoms with E-state index in [0.717, 1.165) is 22.9 Å².